The van der Waals surface area contributed by atoms with Crippen LogP contribution in [0.25, 0.3) is 0 Å². The quantitative estimate of drug-likeness (QED) is 0.722. The zero-order valence-corrected chi connectivity index (χ0v) is 14.0. The van der Waals surface area contributed by atoms with E-state index in [-0.39, 0.29) is 0 Å². The molecule has 0 radical (unpaired) electrons. The van der Waals surface area contributed by atoms with Crippen LogP contribution in [0, 0.1) is 6.92 Å². The molecule has 0 bridgehead atoms. The Morgan fingerprint density at radius 2 is 1.81 bits per heavy atom. The third-order valence-corrected chi connectivity index (χ3v) is 4.73. The molecule has 0 saturated heterocycles. The third-order valence-electron chi connectivity index (χ3n) is 3.65. The Kier molecular flexibility index (Phi) is 6.34. The minimum absolute atomic E-state index is 0.409. The van der Waals surface area contributed by atoms with E-state index in [9.17, 15) is 0 Å². The summed E-state index contributed by atoms with van der Waals surface area (Å²) in [6.45, 7) is 7.51. The summed E-state index contributed by atoms with van der Waals surface area (Å²) >= 11 is 1.92. The van der Waals surface area contributed by atoms with Crippen molar-refractivity contribution in [3.05, 3.63) is 65.2 Å². The SMILES string of the molecule is CCNC(CSc1cccc(C)c1)c1ccc(CC)cc1. The number of thioether (sulfide) groups is 1. The van der Waals surface area contributed by atoms with Gasteiger partial charge in [0.25, 0.3) is 0 Å². The molecule has 0 amide bonds. The molecule has 0 saturated carbocycles. The zero-order valence-electron chi connectivity index (χ0n) is 13.2. The Labute approximate surface area is 133 Å². The Morgan fingerprint density at radius 1 is 1.05 bits per heavy atom. The van der Waals surface area contributed by atoms with Crippen LogP contribution < -0.4 is 5.32 Å². The maximum absolute atomic E-state index is 3.60. The van der Waals surface area contributed by atoms with Crippen molar-refractivity contribution in [2.45, 2.75) is 38.1 Å². The predicted molar refractivity (Wildman–Crippen MR) is 94.1 cm³/mol. The molecule has 1 nitrogen and oxygen atoms in total. The number of hydrogen-bond acceptors (Lipinski definition) is 2. The molecule has 2 heteroatoms. The van der Waals surface area contributed by atoms with Gasteiger partial charge in [-0.2, -0.15) is 0 Å². The van der Waals surface area contributed by atoms with Crippen molar-refractivity contribution < 1.29 is 0 Å². The van der Waals surface area contributed by atoms with Crippen LogP contribution in [-0.2, 0) is 6.42 Å². The van der Waals surface area contributed by atoms with Crippen molar-refractivity contribution in [1.82, 2.24) is 5.32 Å². The van der Waals surface area contributed by atoms with E-state index >= 15 is 0 Å². The third kappa shape index (κ3) is 4.90. The van der Waals surface area contributed by atoms with E-state index in [1.807, 2.05) is 11.8 Å². The monoisotopic (exact) mass is 299 g/mol. The molecule has 2 rings (SSSR count). The van der Waals surface area contributed by atoms with Gasteiger partial charge in [0.2, 0.25) is 0 Å². The fraction of sp³-hybridized carbons (Fsp3) is 0.368. The number of benzene rings is 2. The second-order valence-electron chi connectivity index (χ2n) is 5.33. The Morgan fingerprint density at radius 3 is 2.43 bits per heavy atom. The molecule has 21 heavy (non-hydrogen) atoms. The molecule has 0 aliphatic carbocycles. The van der Waals surface area contributed by atoms with Crippen LogP contribution in [0.3, 0.4) is 0 Å². The first-order chi connectivity index (χ1) is 10.2. The van der Waals surface area contributed by atoms with E-state index in [1.54, 1.807) is 0 Å². The van der Waals surface area contributed by atoms with Gasteiger partial charge in [0.15, 0.2) is 0 Å². The predicted octanol–water partition coefficient (Wildman–Crippen LogP) is 5.00. The maximum atomic E-state index is 3.60. The van der Waals surface area contributed by atoms with E-state index in [2.05, 4.69) is 74.6 Å². The Hall–Kier alpha value is -1.25. The summed E-state index contributed by atoms with van der Waals surface area (Å²) < 4.78 is 0. The molecule has 1 unspecified atom stereocenters. The lowest BCUT2D eigenvalue weighted by molar-refractivity contribution is 0.606. The Bertz CT molecular complexity index is 548. The molecular weight excluding hydrogens is 274 g/mol. The second-order valence-corrected chi connectivity index (χ2v) is 6.43. The van der Waals surface area contributed by atoms with Gasteiger partial charge in [-0.1, -0.05) is 55.8 Å². The van der Waals surface area contributed by atoms with Gasteiger partial charge in [0.05, 0.1) is 0 Å². The molecule has 2 aromatic carbocycles. The largest absolute Gasteiger partial charge is 0.309 e. The van der Waals surface area contributed by atoms with Gasteiger partial charge < -0.3 is 5.32 Å². The summed E-state index contributed by atoms with van der Waals surface area (Å²) in [4.78, 5) is 1.35. The summed E-state index contributed by atoms with van der Waals surface area (Å²) in [5, 5.41) is 3.60. The molecule has 0 spiro atoms. The first-order valence-electron chi connectivity index (χ1n) is 7.74. The summed E-state index contributed by atoms with van der Waals surface area (Å²) in [6.07, 6.45) is 1.10. The highest BCUT2D eigenvalue weighted by Gasteiger charge is 2.10. The highest BCUT2D eigenvalue weighted by molar-refractivity contribution is 7.99. The minimum atomic E-state index is 0.409. The van der Waals surface area contributed by atoms with Gasteiger partial charge in [-0.25, -0.2) is 0 Å². The molecule has 0 aliphatic heterocycles. The fourth-order valence-corrected chi connectivity index (χ4v) is 3.50. The van der Waals surface area contributed by atoms with Gasteiger partial charge in [-0.3, -0.25) is 0 Å². The van der Waals surface area contributed by atoms with E-state index < -0.39 is 0 Å². The molecule has 2 aromatic rings. The van der Waals surface area contributed by atoms with Crippen LogP contribution in [0.4, 0.5) is 0 Å². The molecule has 0 aromatic heterocycles. The highest BCUT2D eigenvalue weighted by Crippen LogP contribution is 2.25. The van der Waals surface area contributed by atoms with Gasteiger partial charge in [0.1, 0.15) is 0 Å². The smallest absolute Gasteiger partial charge is 0.0415 e. The maximum Gasteiger partial charge on any atom is 0.0415 e. The normalized spacial score (nSPS) is 12.3. The summed E-state index contributed by atoms with van der Waals surface area (Å²) in [5.41, 5.74) is 4.11. The van der Waals surface area contributed by atoms with Crippen LogP contribution in [0.15, 0.2) is 53.4 Å². The number of rotatable bonds is 7. The highest BCUT2D eigenvalue weighted by atomic mass is 32.2. The molecule has 0 fully saturated rings. The van der Waals surface area contributed by atoms with Crippen LogP contribution >= 0.6 is 11.8 Å². The van der Waals surface area contributed by atoms with Crippen molar-refractivity contribution in [2.75, 3.05) is 12.3 Å². The number of hydrogen-bond donors (Lipinski definition) is 1. The molecule has 1 N–H and O–H groups in total. The lowest BCUT2D eigenvalue weighted by atomic mass is 10.1. The Balaban J connectivity index is 2.04. The number of nitrogens with one attached hydrogen (secondary N) is 1. The zero-order chi connectivity index (χ0) is 15.1. The van der Waals surface area contributed by atoms with Crippen molar-refractivity contribution in [1.29, 1.82) is 0 Å². The van der Waals surface area contributed by atoms with Gasteiger partial charge in [0, 0.05) is 16.7 Å². The van der Waals surface area contributed by atoms with Crippen LogP contribution in [-0.4, -0.2) is 12.3 Å². The summed E-state index contributed by atoms with van der Waals surface area (Å²) in [7, 11) is 0. The molecular formula is C19H25NS. The van der Waals surface area contributed by atoms with Crippen molar-refractivity contribution in [3.8, 4) is 0 Å². The van der Waals surface area contributed by atoms with Crippen molar-refractivity contribution >= 4 is 11.8 Å². The van der Waals surface area contributed by atoms with Gasteiger partial charge in [-0.15, -0.1) is 11.8 Å². The second kappa shape index (κ2) is 8.26. The summed E-state index contributed by atoms with van der Waals surface area (Å²) in [5.74, 6) is 1.06. The van der Waals surface area contributed by atoms with Gasteiger partial charge >= 0.3 is 0 Å². The van der Waals surface area contributed by atoms with Crippen LogP contribution in [0.5, 0.6) is 0 Å². The summed E-state index contributed by atoms with van der Waals surface area (Å²) in [6, 6.07) is 18.2. The first kappa shape index (κ1) is 16.1. The fourth-order valence-electron chi connectivity index (χ4n) is 2.39. The van der Waals surface area contributed by atoms with E-state index in [0.717, 1.165) is 18.7 Å². The molecule has 0 heterocycles. The lowest BCUT2D eigenvalue weighted by Crippen LogP contribution is -2.22. The standard InChI is InChI=1S/C19H25NS/c1-4-16-9-11-17(12-10-16)19(20-5-2)14-21-18-8-6-7-15(3)13-18/h6-13,19-20H,4-5,14H2,1-3H3. The molecule has 0 aliphatic rings. The van der Waals surface area contributed by atoms with E-state index in [0.29, 0.717) is 6.04 Å². The van der Waals surface area contributed by atoms with Crippen molar-refractivity contribution in [3.63, 3.8) is 0 Å². The van der Waals surface area contributed by atoms with Crippen LogP contribution in [0.1, 0.15) is 36.6 Å². The number of aryl methyl sites for hydroxylation is 2. The average molecular weight is 299 g/mol. The molecule has 1 atom stereocenters. The minimum Gasteiger partial charge on any atom is -0.309 e. The average Bonchev–Trinajstić information content (AvgIpc) is 2.52. The first-order valence-corrected chi connectivity index (χ1v) is 8.73. The van der Waals surface area contributed by atoms with E-state index in [1.165, 1.54) is 21.6 Å². The lowest BCUT2D eigenvalue weighted by Gasteiger charge is -2.18. The van der Waals surface area contributed by atoms with Crippen molar-refractivity contribution in [2.24, 2.45) is 0 Å². The molecule has 112 valence electrons. The topological polar surface area (TPSA) is 12.0 Å². The van der Waals surface area contributed by atoms with Crippen LogP contribution in [0.2, 0.25) is 0 Å². The van der Waals surface area contributed by atoms with Gasteiger partial charge in [-0.05, 0) is 43.1 Å². The van der Waals surface area contributed by atoms with E-state index in [4.69, 9.17) is 0 Å².